The average Bonchev–Trinajstić information content (AvgIpc) is 2.40. The molecule has 1 aromatic rings. The van der Waals surface area contributed by atoms with E-state index in [1.807, 2.05) is 30.3 Å². The Balaban J connectivity index is 0.00000180. The molecule has 0 aliphatic carbocycles. The first kappa shape index (κ1) is 15.7. The molecule has 1 aliphatic rings. The second-order valence-corrected chi connectivity index (χ2v) is 4.45. The number of nitrogens with zero attached hydrogens (tertiary/aromatic N) is 1. The monoisotopic (exact) mass is 288 g/mol. The van der Waals surface area contributed by atoms with Crippen LogP contribution in [0, 0.1) is 0 Å². The zero-order chi connectivity index (χ0) is 13.0. The molecule has 0 bridgehead atoms. The Hall–Kier alpha value is -1.33. The molecule has 19 heavy (non-hydrogen) atoms. The van der Waals surface area contributed by atoms with Gasteiger partial charge in [-0.1, -0.05) is 30.3 Å². The minimum atomic E-state index is -1.16. The van der Waals surface area contributed by atoms with E-state index in [9.17, 15) is 9.18 Å². The Kier molecular flexibility index (Phi) is 6.05. The summed E-state index contributed by atoms with van der Waals surface area (Å²) in [5.41, 5.74) is 6.47. The first-order valence-electron chi connectivity index (χ1n) is 6.02. The lowest BCUT2D eigenvalue weighted by Gasteiger charge is -2.32. The van der Waals surface area contributed by atoms with Crippen LogP contribution in [0.5, 0.6) is 0 Å². The smallest absolute Gasteiger partial charge is 0.410 e. The molecule has 1 aliphatic heterocycles. The fourth-order valence-corrected chi connectivity index (χ4v) is 1.90. The minimum Gasteiger partial charge on any atom is -0.445 e. The van der Waals surface area contributed by atoms with Crippen LogP contribution in [0.2, 0.25) is 0 Å². The first-order valence-corrected chi connectivity index (χ1v) is 6.02. The van der Waals surface area contributed by atoms with Crippen LogP contribution in [0.15, 0.2) is 30.3 Å². The molecular weight excluding hydrogens is 271 g/mol. The molecule has 2 unspecified atom stereocenters. The van der Waals surface area contributed by atoms with Crippen molar-refractivity contribution in [2.75, 3.05) is 13.1 Å². The maximum absolute atomic E-state index is 13.4. The molecule has 0 spiro atoms. The number of benzene rings is 1. The summed E-state index contributed by atoms with van der Waals surface area (Å²) in [5, 5.41) is 0. The molecule has 1 saturated heterocycles. The lowest BCUT2D eigenvalue weighted by atomic mass is 10.1. The highest BCUT2D eigenvalue weighted by Gasteiger charge is 2.29. The summed E-state index contributed by atoms with van der Waals surface area (Å²) in [6, 6.07) is 8.92. The van der Waals surface area contributed by atoms with Crippen molar-refractivity contribution < 1.29 is 13.9 Å². The van der Waals surface area contributed by atoms with E-state index in [2.05, 4.69) is 0 Å². The van der Waals surface area contributed by atoms with E-state index < -0.39 is 18.3 Å². The molecule has 0 radical (unpaired) electrons. The summed E-state index contributed by atoms with van der Waals surface area (Å²) in [6.07, 6.45) is -1.17. The van der Waals surface area contributed by atoms with Crippen molar-refractivity contribution in [3.63, 3.8) is 0 Å². The van der Waals surface area contributed by atoms with Crippen molar-refractivity contribution in [3.8, 4) is 0 Å². The van der Waals surface area contributed by atoms with Gasteiger partial charge in [0.1, 0.15) is 12.8 Å². The molecular formula is C13H18ClFN2O2. The zero-order valence-electron chi connectivity index (χ0n) is 10.5. The lowest BCUT2D eigenvalue weighted by Crippen LogP contribution is -2.50. The predicted octanol–water partition coefficient (Wildman–Crippen LogP) is 2.12. The second kappa shape index (κ2) is 7.31. The number of nitrogens with two attached hydrogens (primary N) is 1. The van der Waals surface area contributed by atoms with Gasteiger partial charge in [-0.25, -0.2) is 9.18 Å². The summed E-state index contributed by atoms with van der Waals surface area (Å²) in [7, 11) is 0. The van der Waals surface area contributed by atoms with E-state index >= 15 is 0 Å². The number of hydrogen-bond acceptors (Lipinski definition) is 3. The molecule has 2 atom stereocenters. The highest BCUT2D eigenvalue weighted by Crippen LogP contribution is 2.14. The maximum Gasteiger partial charge on any atom is 0.410 e. The molecule has 1 aromatic carbocycles. The van der Waals surface area contributed by atoms with Crippen LogP contribution in [0.1, 0.15) is 12.0 Å². The standard InChI is InChI=1S/C13H17FN2O2.ClH/c14-11-8-16(7-6-12(11)15)13(17)18-9-10-4-2-1-3-5-10;/h1-5,11-12H,6-9,15H2;1H. The number of likely N-dealkylation sites (tertiary alicyclic amines) is 1. The largest absolute Gasteiger partial charge is 0.445 e. The molecule has 106 valence electrons. The van der Waals surface area contributed by atoms with Gasteiger partial charge in [-0.15, -0.1) is 12.4 Å². The fourth-order valence-electron chi connectivity index (χ4n) is 1.90. The van der Waals surface area contributed by atoms with Crippen molar-refractivity contribution in [2.45, 2.75) is 25.2 Å². The van der Waals surface area contributed by atoms with Crippen LogP contribution in [-0.4, -0.2) is 36.3 Å². The van der Waals surface area contributed by atoms with Gasteiger partial charge >= 0.3 is 6.09 Å². The number of carbonyl (C=O) groups is 1. The molecule has 4 nitrogen and oxygen atoms in total. The Morgan fingerprint density at radius 3 is 2.74 bits per heavy atom. The fraction of sp³-hybridized carbons (Fsp3) is 0.462. The third kappa shape index (κ3) is 4.36. The Morgan fingerprint density at radius 2 is 2.11 bits per heavy atom. The SMILES string of the molecule is Cl.NC1CCN(C(=O)OCc2ccccc2)CC1F. The molecule has 0 saturated carbocycles. The minimum absolute atomic E-state index is 0. The highest BCUT2D eigenvalue weighted by atomic mass is 35.5. The van der Waals surface area contributed by atoms with Gasteiger partial charge in [0, 0.05) is 12.6 Å². The first-order chi connectivity index (χ1) is 8.66. The van der Waals surface area contributed by atoms with E-state index in [1.54, 1.807) is 0 Å². The zero-order valence-corrected chi connectivity index (χ0v) is 11.3. The van der Waals surface area contributed by atoms with Crippen LogP contribution in [0.25, 0.3) is 0 Å². The Bertz CT molecular complexity index is 405. The van der Waals surface area contributed by atoms with Crippen molar-refractivity contribution in [2.24, 2.45) is 5.73 Å². The summed E-state index contributed by atoms with van der Waals surface area (Å²) >= 11 is 0. The summed E-state index contributed by atoms with van der Waals surface area (Å²) in [6.45, 7) is 0.684. The molecule has 6 heteroatoms. The second-order valence-electron chi connectivity index (χ2n) is 4.45. The maximum atomic E-state index is 13.4. The van der Waals surface area contributed by atoms with E-state index in [4.69, 9.17) is 10.5 Å². The van der Waals surface area contributed by atoms with Gasteiger partial charge in [0.15, 0.2) is 0 Å². The third-order valence-corrected chi connectivity index (χ3v) is 3.06. The number of alkyl halides is 1. The van der Waals surface area contributed by atoms with E-state index in [0.29, 0.717) is 13.0 Å². The van der Waals surface area contributed by atoms with Crippen LogP contribution in [-0.2, 0) is 11.3 Å². The van der Waals surface area contributed by atoms with Gasteiger partial charge in [-0.05, 0) is 12.0 Å². The van der Waals surface area contributed by atoms with Gasteiger partial charge in [-0.3, -0.25) is 0 Å². The molecule has 0 aromatic heterocycles. The molecule has 1 fully saturated rings. The van der Waals surface area contributed by atoms with Crippen molar-refractivity contribution in [1.82, 2.24) is 4.90 Å². The molecule has 1 amide bonds. The van der Waals surface area contributed by atoms with Gasteiger partial charge in [0.2, 0.25) is 0 Å². The summed E-state index contributed by atoms with van der Waals surface area (Å²) < 4.78 is 18.5. The van der Waals surface area contributed by atoms with Crippen LogP contribution >= 0.6 is 12.4 Å². The van der Waals surface area contributed by atoms with Gasteiger partial charge in [0.25, 0.3) is 0 Å². The quantitative estimate of drug-likeness (QED) is 0.907. The Labute approximate surface area is 118 Å². The predicted molar refractivity (Wildman–Crippen MR) is 72.9 cm³/mol. The van der Waals surface area contributed by atoms with Crippen LogP contribution in [0.3, 0.4) is 0 Å². The number of piperidine rings is 1. The third-order valence-electron chi connectivity index (χ3n) is 3.06. The van der Waals surface area contributed by atoms with Gasteiger partial charge < -0.3 is 15.4 Å². The highest BCUT2D eigenvalue weighted by molar-refractivity contribution is 5.85. The number of hydrogen-bond donors (Lipinski definition) is 1. The average molecular weight is 289 g/mol. The molecule has 1 heterocycles. The van der Waals surface area contributed by atoms with Crippen LogP contribution in [0.4, 0.5) is 9.18 Å². The van der Waals surface area contributed by atoms with E-state index in [0.717, 1.165) is 5.56 Å². The number of halogens is 2. The lowest BCUT2D eigenvalue weighted by molar-refractivity contribution is 0.0660. The van der Waals surface area contributed by atoms with Crippen molar-refractivity contribution in [1.29, 1.82) is 0 Å². The normalized spacial score (nSPS) is 22.5. The topological polar surface area (TPSA) is 55.6 Å². The number of carbonyl (C=O) groups excluding carboxylic acids is 1. The summed E-state index contributed by atoms with van der Waals surface area (Å²) in [4.78, 5) is 13.1. The molecule has 2 N–H and O–H groups in total. The summed E-state index contributed by atoms with van der Waals surface area (Å²) in [5.74, 6) is 0. The number of amides is 1. The Morgan fingerprint density at radius 1 is 1.42 bits per heavy atom. The van der Waals surface area contributed by atoms with Crippen LogP contribution < -0.4 is 5.73 Å². The van der Waals surface area contributed by atoms with Crippen molar-refractivity contribution >= 4 is 18.5 Å². The number of ether oxygens (including phenoxy) is 1. The van der Waals surface area contributed by atoms with E-state index in [1.165, 1.54) is 4.90 Å². The van der Waals surface area contributed by atoms with Crippen molar-refractivity contribution in [3.05, 3.63) is 35.9 Å². The van der Waals surface area contributed by atoms with E-state index in [-0.39, 0.29) is 25.6 Å². The molecule has 2 rings (SSSR count). The number of rotatable bonds is 2. The van der Waals surface area contributed by atoms with Gasteiger partial charge in [0.05, 0.1) is 6.54 Å². The van der Waals surface area contributed by atoms with Gasteiger partial charge in [-0.2, -0.15) is 0 Å².